The number of halogens is 1. The van der Waals surface area contributed by atoms with Gasteiger partial charge in [-0.05, 0) is 48.0 Å². The summed E-state index contributed by atoms with van der Waals surface area (Å²) in [5, 5.41) is 2.70. The van der Waals surface area contributed by atoms with Gasteiger partial charge in [-0.2, -0.15) is 0 Å². The molecule has 0 saturated carbocycles. The van der Waals surface area contributed by atoms with Gasteiger partial charge in [0, 0.05) is 21.5 Å². The summed E-state index contributed by atoms with van der Waals surface area (Å²) in [7, 11) is -3.33. The third-order valence-corrected chi connectivity index (χ3v) is 4.24. The maximum absolute atomic E-state index is 12.1. The molecule has 1 aromatic rings. The molecule has 0 spiro atoms. The summed E-state index contributed by atoms with van der Waals surface area (Å²) in [6, 6.07) is 5.13. The van der Waals surface area contributed by atoms with Crippen LogP contribution in [0.15, 0.2) is 27.6 Å². The van der Waals surface area contributed by atoms with E-state index >= 15 is 0 Å². The lowest BCUT2D eigenvalue weighted by Gasteiger charge is -2.25. The van der Waals surface area contributed by atoms with E-state index < -0.39 is 15.6 Å². The first-order valence-corrected chi connectivity index (χ1v) is 8.89. The van der Waals surface area contributed by atoms with Crippen molar-refractivity contribution in [3.63, 3.8) is 0 Å². The molecule has 0 unspecified atom stereocenters. The number of amides is 1. The molecular weight excluding hydrogens is 364 g/mol. The summed E-state index contributed by atoms with van der Waals surface area (Å²) in [6.07, 6.45) is 1.08. The highest BCUT2D eigenvalue weighted by Crippen LogP contribution is 2.20. The van der Waals surface area contributed by atoms with Gasteiger partial charge in [0.25, 0.3) is 5.91 Å². The normalized spacial score (nSPS) is 12.2. The van der Waals surface area contributed by atoms with Crippen LogP contribution < -0.4 is 10.0 Å². The van der Waals surface area contributed by atoms with E-state index in [1.54, 1.807) is 32.0 Å². The first-order valence-electron chi connectivity index (χ1n) is 5.76. The van der Waals surface area contributed by atoms with Crippen molar-refractivity contribution in [1.29, 1.82) is 0 Å². The first kappa shape index (κ1) is 17.5. The van der Waals surface area contributed by atoms with Crippen LogP contribution in [0.25, 0.3) is 0 Å². The number of carbonyl (C=O) groups excluding carboxylic acids is 1. The third-order valence-electron chi connectivity index (χ3n) is 2.35. The van der Waals surface area contributed by atoms with Gasteiger partial charge in [0.2, 0.25) is 10.0 Å². The van der Waals surface area contributed by atoms with E-state index in [9.17, 15) is 13.2 Å². The lowest BCUT2D eigenvalue weighted by atomic mass is 10.1. The minimum atomic E-state index is -3.33. The smallest absolute Gasteiger partial charge is 0.252 e. The molecule has 0 aliphatic heterocycles. The summed E-state index contributed by atoms with van der Waals surface area (Å²) in [5.41, 5.74) is -0.318. The highest BCUT2D eigenvalue weighted by Gasteiger charge is 2.23. The second kappa shape index (κ2) is 6.46. The number of sulfonamides is 1. The van der Waals surface area contributed by atoms with Crippen molar-refractivity contribution in [3.8, 4) is 0 Å². The zero-order valence-corrected chi connectivity index (χ0v) is 14.7. The summed E-state index contributed by atoms with van der Waals surface area (Å²) < 4.78 is 25.6. The van der Waals surface area contributed by atoms with E-state index in [4.69, 9.17) is 0 Å². The van der Waals surface area contributed by atoms with Gasteiger partial charge in [0.05, 0.1) is 11.8 Å². The van der Waals surface area contributed by atoms with Crippen molar-refractivity contribution in [2.24, 2.45) is 0 Å². The van der Waals surface area contributed by atoms with E-state index in [0.717, 1.165) is 6.26 Å². The molecule has 0 atom stereocenters. The number of benzene rings is 1. The van der Waals surface area contributed by atoms with Crippen LogP contribution >= 0.6 is 28.6 Å². The largest absolute Gasteiger partial charge is 0.350 e. The fraction of sp³-hybridized carbons (Fsp3) is 0.417. The molecule has 0 fully saturated rings. The minimum absolute atomic E-state index is 0.169. The van der Waals surface area contributed by atoms with Crippen LogP contribution in [-0.4, -0.2) is 32.7 Å². The molecule has 0 radical (unpaired) electrons. The second-order valence-corrected chi connectivity index (χ2v) is 8.22. The van der Waals surface area contributed by atoms with E-state index in [1.165, 1.54) is 0 Å². The Morgan fingerprint density at radius 3 is 2.55 bits per heavy atom. The number of rotatable bonds is 5. The van der Waals surface area contributed by atoms with Gasteiger partial charge in [-0.3, -0.25) is 4.79 Å². The molecule has 1 aromatic carbocycles. The van der Waals surface area contributed by atoms with Crippen molar-refractivity contribution in [1.82, 2.24) is 10.0 Å². The molecule has 20 heavy (non-hydrogen) atoms. The Bertz CT molecular complexity index is 615. The van der Waals surface area contributed by atoms with E-state index in [2.05, 4.69) is 38.6 Å². The monoisotopic (exact) mass is 380 g/mol. The van der Waals surface area contributed by atoms with Crippen molar-refractivity contribution < 1.29 is 13.2 Å². The topological polar surface area (TPSA) is 75.3 Å². The number of carbonyl (C=O) groups is 1. The highest BCUT2D eigenvalue weighted by molar-refractivity contribution is 9.10. The Morgan fingerprint density at radius 2 is 2.00 bits per heavy atom. The van der Waals surface area contributed by atoms with Gasteiger partial charge in [-0.1, -0.05) is 0 Å². The van der Waals surface area contributed by atoms with Crippen LogP contribution in [-0.2, 0) is 10.0 Å². The van der Waals surface area contributed by atoms with Crippen LogP contribution in [0.1, 0.15) is 24.2 Å². The zero-order valence-electron chi connectivity index (χ0n) is 11.4. The fourth-order valence-corrected chi connectivity index (χ4v) is 3.33. The predicted molar refractivity (Wildman–Crippen MR) is 85.8 cm³/mol. The zero-order chi connectivity index (χ0) is 15.6. The van der Waals surface area contributed by atoms with E-state index in [1.807, 2.05) is 0 Å². The van der Waals surface area contributed by atoms with Crippen LogP contribution in [0.4, 0.5) is 0 Å². The highest BCUT2D eigenvalue weighted by atomic mass is 79.9. The van der Waals surface area contributed by atoms with Gasteiger partial charge < -0.3 is 5.32 Å². The van der Waals surface area contributed by atoms with Gasteiger partial charge in [-0.25, -0.2) is 13.1 Å². The molecule has 0 saturated heterocycles. The molecule has 0 aliphatic carbocycles. The summed E-state index contributed by atoms with van der Waals surface area (Å²) >= 11 is 7.48. The molecule has 0 bridgehead atoms. The SMILES string of the molecule is CC(C)(CNC(=O)c1cc(S)ccc1Br)NS(C)(=O)=O. The van der Waals surface area contributed by atoms with Crippen LogP contribution in [0.5, 0.6) is 0 Å². The van der Waals surface area contributed by atoms with Crippen molar-refractivity contribution >= 4 is 44.5 Å². The maximum Gasteiger partial charge on any atom is 0.252 e. The van der Waals surface area contributed by atoms with Crippen molar-refractivity contribution in [2.45, 2.75) is 24.3 Å². The summed E-state index contributed by atoms with van der Waals surface area (Å²) in [4.78, 5) is 12.8. The number of hydrogen-bond acceptors (Lipinski definition) is 4. The van der Waals surface area contributed by atoms with Gasteiger partial charge in [-0.15, -0.1) is 12.6 Å². The number of thiol groups is 1. The van der Waals surface area contributed by atoms with Gasteiger partial charge in [0.1, 0.15) is 0 Å². The molecule has 2 N–H and O–H groups in total. The predicted octanol–water partition coefficient (Wildman–Crippen LogP) is 1.80. The Balaban J connectivity index is 2.75. The Morgan fingerprint density at radius 1 is 1.40 bits per heavy atom. The fourth-order valence-electron chi connectivity index (χ4n) is 1.62. The summed E-state index contributed by atoms with van der Waals surface area (Å²) in [5.74, 6) is -0.295. The van der Waals surface area contributed by atoms with E-state index in [0.29, 0.717) is 14.9 Å². The second-order valence-electron chi connectivity index (χ2n) is 5.10. The Labute approximate surface area is 133 Å². The average molecular weight is 381 g/mol. The molecule has 8 heteroatoms. The van der Waals surface area contributed by atoms with Crippen LogP contribution in [0.2, 0.25) is 0 Å². The molecule has 0 aliphatic rings. The molecule has 112 valence electrons. The summed E-state index contributed by atoms with van der Waals surface area (Å²) in [6.45, 7) is 3.55. The lowest BCUT2D eigenvalue weighted by Crippen LogP contribution is -2.51. The quantitative estimate of drug-likeness (QED) is 0.681. The third kappa shape index (κ3) is 5.82. The molecule has 1 amide bonds. The molecular formula is C12H17BrN2O3S2. The number of hydrogen-bond donors (Lipinski definition) is 3. The van der Waals surface area contributed by atoms with Gasteiger partial charge >= 0.3 is 0 Å². The maximum atomic E-state index is 12.1. The molecule has 1 rings (SSSR count). The molecule has 0 heterocycles. The lowest BCUT2D eigenvalue weighted by molar-refractivity contribution is 0.0943. The van der Waals surface area contributed by atoms with E-state index in [-0.39, 0.29) is 12.5 Å². The van der Waals surface area contributed by atoms with Crippen molar-refractivity contribution in [3.05, 3.63) is 28.2 Å². The van der Waals surface area contributed by atoms with Crippen molar-refractivity contribution in [2.75, 3.05) is 12.8 Å². The first-order chi connectivity index (χ1) is 9.00. The Kier molecular flexibility index (Phi) is 5.65. The molecule has 5 nitrogen and oxygen atoms in total. The minimum Gasteiger partial charge on any atom is -0.350 e. The van der Waals surface area contributed by atoms with Gasteiger partial charge in [0.15, 0.2) is 0 Å². The number of nitrogens with one attached hydrogen (secondary N) is 2. The molecule has 0 aromatic heterocycles. The standard InChI is InChI=1S/C12H17BrN2O3S2/c1-12(2,15-20(3,17)18)7-14-11(16)9-6-8(19)4-5-10(9)13/h4-6,15,19H,7H2,1-3H3,(H,14,16). The van der Waals surface area contributed by atoms with Crippen LogP contribution in [0, 0.1) is 0 Å². The Hall–Kier alpha value is -0.570. The average Bonchev–Trinajstić information content (AvgIpc) is 2.26. The van der Waals surface area contributed by atoms with Crippen LogP contribution in [0.3, 0.4) is 0 Å².